The number of halogens is 2. The van der Waals surface area contributed by atoms with Crippen LogP contribution in [0, 0.1) is 5.92 Å². The van der Waals surface area contributed by atoms with Crippen molar-refractivity contribution >= 4 is 41.3 Å². The van der Waals surface area contributed by atoms with Crippen molar-refractivity contribution in [2.45, 2.75) is 0 Å². The van der Waals surface area contributed by atoms with Gasteiger partial charge in [0, 0.05) is 31.6 Å². The van der Waals surface area contributed by atoms with Gasteiger partial charge in [-0.1, -0.05) is 16.8 Å². The summed E-state index contributed by atoms with van der Waals surface area (Å²) in [5, 5.41) is 9.79. The number of hydrogen-bond donors (Lipinski definition) is 2. The zero-order valence-corrected chi connectivity index (χ0v) is 12.8. The van der Waals surface area contributed by atoms with E-state index in [2.05, 4.69) is 15.8 Å². The second kappa shape index (κ2) is 6.58. The maximum Gasteiger partial charge on any atom is 0.273 e. The molecule has 3 heterocycles. The molecule has 2 aromatic heterocycles. The maximum absolute atomic E-state index is 11.9. The van der Waals surface area contributed by atoms with E-state index in [1.165, 1.54) is 11.3 Å². The molecule has 1 amide bonds. The molecule has 5 nitrogen and oxygen atoms in total. The lowest BCUT2D eigenvalue weighted by molar-refractivity contribution is 0.0933. The van der Waals surface area contributed by atoms with Crippen LogP contribution in [-0.4, -0.2) is 30.7 Å². The predicted octanol–water partition coefficient (Wildman–Crippen LogP) is 2.43. The molecule has 1 saturated heterocycles. The van der Waals surface area contributed by atoms with E-state index in [1.807, 2.05) is 6.07 Å². The fraction of sp³-hybridized carbons (Fsp3) is 0.333. The van der Waals surface area contributed by atoms with E-state index in [-0.39, 0.29) is 18.3 Å². The Bertz CT molecular complexity index is 595. The third kappa shape index (κ3) is 3.32. The van der Waals surface area contributed by atoms with Crippen molar-refractivity contribution in [2.75, 3.05) is 19.6 Å². The lowest BCUT2D eigenvalue weighted by Crippen LogP contribution is -2.48. The first-order chi connectivity index (χ1) is 9.22. The van der Waals surface area contributed by atoms with Crippen molar-refractivity contribution in [3.05, 3.63) is 28.2 Å². The van der Waals surface area contributed by atoms with Gasteiger partial charge in [0.05, 0.1) is 9.21 Å². The van der Waals surface area contributed by atoms with Gasteiger partial charge in [-0.15, -0.1) is 23.7 Å². The quantitative estimate of drug-likeness (QED) is 0.901. The summed E-state index contributed by atoms with van der Waals surface area (Å²) in [6, 6.07) is 5.26. The average Bonchev–Trinajstić information content (AvgIpc) is 2.94. The summed E-state index contributed by atoms with van der Waals surface area (Å²) in [6.07, 6.45) is 0. The molecule has 2 aromatic rings. The fourth-order valence-corrected chi connectivity index (χ4v) is 2.76. The van der Waals surface area contributed by atoms with Gasteiger partial charge >= 0.3 is 0 Å². The van der Waals surface area contributed by atoms with Gasteiger partial charge in [-0.05, 0) is 12.1 Å². The normalized spacial score (nSPS) is 14.4. The smallest absolute Gasteiger partial charge is 0.273 e. The van der Waals surface area contributed by atoms with Gasteiger partial charge in [0.15, 0.2) is 11.5 Å². The van der Waals surface area contributed by atoms with E-state index in [4.69, 9.17) is 16.1 Å². The zero-order chi connectivity index (χ0) is 13.2. The van der Waals surface area contributed by atoms with Crippen LogP contribution in [0.5, 0.6) is 0 Å². The third-order valence-electron chi connectivity index (χ3n) is 2.98. The highest BCUT2D eigenvalue weighted by Gasteiger charge is 2.19. The molecular formula is C12H13Cl2N3O2S. The molecule has 0 unspecified atom stereocenters. The molecule has 0 bridgehead atoms. The molecule has 0 aliphatic carbocycles. The van der Waals surface area contributed by atoms with E-state index in [9.17, 15) is 4.79 Å². The Morgan fingerprint density at radius 1 is 1.55 bits per heavy atom. The maximum atomic E-state index is 11.9. The van der Waals surface area contributed by atoms with Crippen LogP contribution in [0.15, 0.2) is 22.7 Å². The van der Waals surface area contributed by atoms with Gasteiger partial charge < -0.3 is 15.2 Å². The number of aromatic nitrogens is 1. The average molecular weight is 334 g/mol. The van der Waals surface area contributed by atoms with Crippen LogP contribution in [0.4, 0.5) is 0 Å². The second-order valence-corrected chi connectivity index (χ2v) is 6.13. The first-order valence-corrected chi connectivity index (χ1v) is 7.13. The summed E-state index contributed by atoms with van der Waals surface area (Å²) >= 11 is 7.25. The Labute approximate surface area is 131 Å². The van der Waals surface area contributed by atoms with Gasteiger partial charge in [0.25, 0.3) is 5.91 Å². The van der Waals surface area contributed by atoms with E-state index in [1.54, 1.807) is 12.1 Å². The number of nitrogens with one attached hydrogen (secondary N) is 2. The number of amides is 1. The molecule has 1 fully saturated rings. The Hall–Kier alpha value is -1.08. The van der Waals surface area contributed by atoms with Crippen LogP contribution in [-0.2, 0) is 0 Å². The molecule has 20 heavy (non-hydrogen) atoms. The minimum atomic E-state index is -0.204. The molecule has 2 N–H and O–H groups in total. The molecule has 0 atom stereocenters. The minimum Gasteiger partial charge on any atom is -0.355 e. The van der Waals surface area contributed by atoms with Crippen LogP contribution in [0.25, 0.3) is 10.6 Å². The van der Waals surface area contributed by atoms with Crippen molar-refractivity contribution in [2.24, 2.45) is 5.92 Å². The van der Waals surface area contributed by atoms with Crippen LogP contribution in [0.3, 0.4) is 0 Å². The highest BCUT2D eigenvalue weighted by Crippen LogP contribution is 2.31. The van der Waals surface area contributed by atoms with Gasteiger partial charge in [-0.25, -0.2) is 0 Å². The number of nitrogens with zero attached hydrogens (tertiary/aromatic N) is 1. The van der Waals surface area contributed by atoms with Crippen LogP contribution in [0.2, 0.25) is 4.34 Å². The zero-order valence-electron chi connectivity index (χ0n) is 10.4. The fourth-order valence-electron chi connectivity index (χ4n) is 1.77. The van der Waals surface area contributed by atoms with Crippen LogP contribution in [0.1, 0.15) is 10.5 Å². The summed E-state index contributed by atoms with van der Waals surface area (Å²) < 4.78 is 5.84. The Balaban J connectivity index is 0.00000147. The molecule has 0 saturated carbocycles. The van der Waals surface area contributed by atoms with E-state index < -0.39 is 0 Å². The summed E-state index contributed by atoms with van der Waals surface area (Å²) in [5.74, 6) is 0.878. The van der Waals surface area contributed by atoms with Crippen molar-refractivity contribution in [3.63, 3.8) is 0 Å². The first kappa shape index (κ1) is 15.3. The number of rotatable bonds is 4. The number of thiophene rings is 1. The van der Waals surface area contributed by atoms with Crippen molar-refractivity contribution in [1.29, 1.82) is 0 Å². The highest BCUT2D eigenvalue weighted by molar-refractivity contribution is 7.19. The van der Waals surface area contributed by atoms with Gasteiger partial charge in [0.2, 0.25) is 0 Å². The Morgan fingerprint density at radius 3 is 2.95 bits per heavy atom. The molecule has 1 aliphatic heterocycles. The molecule has 0 spiro atoms. The summed E-state index contributed by atoms with van der Waals surface area (Å²) in [6.45, 7) is 2.58. The minimum absolute atomic E-state index is 0. The van der Waals surface area contributed by atoms with E-state index >= 15 is 0 Å². The van der Waals surface area contributed by atoms with Gasteiger partial charge in [0.1, 0.15) is 0 Å². The molecule has 0 radical (unpaired) electrons. The first-order valence-electron chi connectivity index (χ1n) is 5.94. The second-order valence-electron chi connectivity index (χ2n) is 4.41. The third-order valence-corrected chi connectivity index (χ3v) is 4.22. The van der Waals surface area contributed by atoms with Crippen molar-refractivity contribution in [3.8, 4) is 10.6 Å². The summed E-state index contributed by atoms with van der Waals surface area (Å²) in [4.78, 5) is 12.7. The molecule has 3 rings (SSSR count). The number of carbonyl (C=O) groups excluding carboxylic acids is 1. The standard InChI is InChI=1S/C12H12ClN3O2S.ClH/c13-11-2-1-10(19-11)9-3-8(16-18-9)12(17)15-6-7-4-14-5-7;/h1-3,7,14H,4-6H2,(H,15,17);1H. The largest absolute Gasteiger partial charge is 0.355 e. The molecule has 8 heteroatoms. The monoisotopic (exact) mass is 333 g/mol. The van der Waals surface area contributed by atoms with E-state index in [0.717, 1.165) is 18.0 Å². The SMILES string of the molecule is Cl.O=C(NCC1CNC1)c1cc(-c2ccc(Cl)s2)on1. The molecule has 108 valence electrons. The van der Waals surface area contributed by atoms with E-state index in [0.29, 0.717) is 28.3 Å². The van der Waals surface area contributed by atoms with Gasteiger partial charge in [-0.3, -0.25) is 4.79 Å². The topological polar surface area (TPSA) is 67.2 Å². The molecular weight excluding hydrogens is 321 g/mol. The van der Waals surface area contributed by atoms with Crippen molar-refractivity contribution < 1.29 is 9.32 Å². The Kier molecular flexibility index (Phi) is 5.04. The van der Waals surface area contributed by atoms with Crippen molar-refractivity contribution in [1.82, 2.24) is 15.8 Å². The summed E-state index contributed by atoms with van der Waals surface area (Å²) in [5.41, 5.74) is 0.298. The predicted molar refractivity (Wildman–Crippen MR) is 80.8 cm³/mol. The number of hydrogen-bond acceptors (Lipinski definition) is 5. The van der Waals surface area contributed by atoms with Gasteiger partial charge in [-0.2, -0.15) is 0 Å². The molecule has 1 aliphatic rings. The summed E-state index contributed by atoms with van der Waals surface area (Å²) in [7, 11) is 0. The highest BCUT2D eigenvalue weighted by atomic mass is 35.5. The lowest BCUT2D eigenvalue weighted by atomic mass is 10.0. The van der Waals surface area contributed by atoms with Crippen LogP contribution < -0.4 is 10.6 Å². The Morgan fingerprint density at radius 2 is 2.35 bits per heavy atom. The van der Waals surface area contributed by atoms with Crippen LogP contribution >= 0.6 is 35.3 Å². The lowest BCUT2D eigenvalue weighted by Gasteiger charge is -2.26. The molecule has 0 aromatic carbocycles. The number of carbonyl (C=O) groups is 1.